The summed E-state index contributed by atoms with van der Waals surface area (Å²) in [4.78, 5) is 14.6. The van der Waals surface area contributed by atoms with Crippen molar-refractivity contribution >= 4 is 12.0 Å². The minimum absolute atomic E-state index is 0.00121. The van der Waals surface area contributed by atoms with Crippen LogP contribution in [0.4, 0.5) is 0 Å². The van der Waals surface area contributed by atoms with E-state index in [1.807, 2.05) is 29.2 Å². The summed E-state index contributed by atoms with van der Waals surface area (Å²) in [5.74, 6) is 1.48. The number of amides is 1. The first-order chi connectivity index (χ1) is 12.3. The van der Waals surface area contributed by atoms with Crippen LogP contribution in [0.5, 0.6) is 11.5 Å². The molecule has 1 unspecified atom stereocenters. The second-order valence-electron chi connectivity index (χ2n) is 6.44. The van der Waals surface area contributed by atoms with Gasteiger partial charge in [0.2, 0.25) is 5.91 Å². The molecule has 2 fully saturated rings. The van der Waals surface area contributed by atoms with E-state index in [4.69, 9.17) is 18.9 Å². The van der Waals surface area contributed by atoms with Crippen LogP contribution in [0.25, 0.3) is 6.08 Å². The van der Waals surface area contributed by atoms with E-state index in [2.05, 4.69) is 0 Å². The van der Waals surface area contributed by atoms with Gasteiger partial charge in [0, 0.05) is 12.6 Å². The molecule has 6 nitrogen and oxygen atoms in total. The smallest absolute Gasteiger partial charge is 0.246 e. The van der Waals surface area contributed by atoms with Gasteiger partial charge in [-0.15, -0.1) is 0 Å². The number of rotatable bonds is 3. The zero-order chi connectivity index (χ0) is 17.1. The quantitative estimate of drug-likeness (QED) is 0.787. The van der Waals surface area contributed by atoms with Crippen molar-refractivity contribution in [1.29, 1.82) is 0 Å². The molecule has 3 aliphatic rings. The SMILES string of the molecule is O=C(/C=C/c1ccc2c(c1)OCCO2)N1CCCCC1C1OCCO1. The molecule has 0 bridgehead atoms. The van der Waals surface area contributed by atoms with Crippen molar-refractivity contribution in [2.45, 2.75) is 31.6 Å². The molecule has 0 aromatic heterocycles. The molecule has 6 heteroatoms. The fourth-order valence-corrected chi connectivity index (χ4v) is 3.54. The van der Waals surface area contributed by atoms with E-state index in [-0.39, 0.29) is 18.2 Å². The third-order valence-electron chi connectivity index (χ3n) is 4.78. The normalized spacial score (nSPS) is 24.0. The van der Waals surface area contributed by atoms with E-state index in [9.17, 15) is 4.79 Å². The van der Waals surface area contributed by atoms with E-state index < -0.39 is 0 Å². The van der Waals surface area contributed by atoms with Crippen molar-refractivity contribution < 1.29 is 23.7 Å². The lowest BCUT2D eigenvalue weighted by Crippen LogP contribution is -2.49. The van der Waals surface area contributed by atoms with Gasteiger partial charge in [0.15, 0.2) is 17.8 Å². The number of hydrogen-bond acceptors (Lipinski definition) is 5. The van der Waals surface area contributed by atoms with Crippen molar-refractivity contribution in [3.05, 3.63) is 29.8 Å². The molecule has 1 aromatic carbocycles. The monoisotopic (exact) mass is 345 g/mol. The number of nitrogens with zero attached hydrogens (tertiary/aromatic N) is 1. The maximum absolute atomic E-state index is 12.7. The molecule has 1 aromatic rings. The highest BCUT2D eigenvalue weighted by Crippen LogP contribution is 2.31. The summed E-state index contributed by atoms with van der Waals surface area (Å²) < 4.78 is 22.4. The van der Waals surface area contributed by atoms with Gasteiger partial charge in [-0.25, -0.2) is 0 Å². The predicted molar refractivity (Wildman–Crippen MR) is 91.5 cm³/mol. The highest BCUT2D eigenvalue weighted by Gasteiger charge is 2.35. The van der Waals surface area contributed by atoms with Crippen LogP contribution in [0.3, 0.4) is 0 Å². The zero-order valence-electron chi connectivity index (χ0n) is 14.2. The van der Waals surface area contributed by atoms with E-state index in [1.165, 1.54) is 0 Å². The summed E-state index contributed by atoms with van der Waals surface area (Å²) in [7, 11) is 0. The van der Waals surface area contributed by atoms with Crippen molar-refractivity contribution in [2.24, 2.45) is 0 Å². The van der Waals surface area contributed by atoms with Crippen molar-refractivity contribution in [2.75, 3.05) is 33.0 Å². The maximum atomic E-state index is 12.7. The maximum Gasteiger partial charge on any atom is 0.246 e. The van der Waals surface area contributed by atoms with Crippen molar-refractivity contribution in [3.8, 4) is 11.5 Å². The Labute approximate surface area is 147 Å². The Hall–Kier alpha value is -2.05. The third kappa shape index (κ3) is 3.65. The molecular weight excluding hydrogens is 322 g/mol. The van der Waals surface area contributed by atoms with Gasteiger partial charge in [0.25, 0.3) is 0 Å². The fraction of sp³-hybridized carbons (Fsp3) is 0.526. The van der Waals surface area contributed by atoms with Gasteiger partial charge in [0.05, 0.1) is 19.3 Å². The molecule has 2 saturated heterocycles. The number of carbonyl (C=O) groups excluding carboxylic acids is 1. The van der Waals surface area contributed by atoms with Gasteiger partial charge in [-0.2, -0.15) is 0 Å². The number of likely N-dealkylation sites (tertiary alicyclic amines) is 1. The van der Waals surface area contributed by atoms with Gasteiger partial charge in [-0.3, -0.25) is 4.79 Å². The summed E-state index contributed by atoms with van der Waals surface area (Å²) in [5.41, 5.74) is 0.916. The predicted octanol–water partition coefficient (Wildman–Crippen LogP) is 2.22. The zero-order valence-corrected chi connectivity index (χ0v) is 14.2. The summed E-state index contributed by atoms with van der Waals surface area (Å²) >= 11 is 0. The van der Waals surface area contributed by atoms with Crippen LogP contribution >= 0.6 is 0 Å². The molecule has 0 spiro atoms. The van der Waals surface area contributed by atoms with Gasteiger partial charge in [0.1, 0.15) is 13.2 Å². The Kier molecular flexibility index (Phi) is 4.90. The topological polar surface area (TPSA) is 57.2 Å². The molecule has 1 amide bonds. The Bertz CT molecular complexity index is 653. The highest BCUT2D eigenvalue weighted by atomic mass is 16.7. The summed E-state index contributed by atoms with van der Waals surface area (Å²) in [6, 6.07) is 5.71. The molecule has 0 radical (unpaired) electrons. The molecule has 25 heavy (non-hydrogen) atoms. The Morgan fingerprint density at radius 1 is 1.04 bits per heavy atom. The second-order valence-corrected chi connectivity index (χ2v) is 6.44. The number of piperidine rings is 1. The average Bonchev–Trinajstić information content (AvgIpc) is 3.20. The van der Waals surface area contributed by atoms with Crippen LogP contribution in [0.15, 0.2) is 24.3 Å². The van der Waals surface area contributed by atoms with Crippen LogP contribution < -0.4 is 9.47 Å². The number of fused-ring (bicyclic) bond motifs is 1. The molecule has 0 N–H and O–H groups in total. The van der Waals surface area contributed by atoms with Gasteiger partial charge >= 0.3 is 0 Å². The Balaban J connectivity index is 1.45. The Morgan fingerprint density at radius 3 is 2.68 bits per heavy atom. The van der Waals surface area contributed by atoms with Crippen LogP contribution in [0.2, 0.25) is 0 Å². The van der Waals surface area contributed by atoms with E-state index >= 15 is 0 Å². The largest absolute Gasteiger partial charge is 0.486 e. The van der Waals surface area contributed by atoms with Crippen LogP contribution in [0, 0.1) is 0 Å². The molecule has 1 atom stereocenters. The number of hydrogen-bond donors (Lipinski definition) is 0. The van der Waals surface area contributed by atoms with Gasteiger partial charge < -0.3 is 23.8 Å². The molecule has 0 saturated carbocycles. The standard InChI is InChI=1S/C19H23NO5/c21-18(20-8-2-1-3-15(20)19-24-11-12-25-19)7-5-14-4-6-16-17(13-14)23-10-9-22-16/h4-7,13,15,19H,1-3,8-12H2/b7-5+. The first-order valence-corrected chi connectivity index (χ1v) is 8.93. The molecule has 3 aliphatic heterocycles. The summed E-state index contributed by atoms with van der Waals surface area (Å²) in [6.07, 6.45) is 6.21. The number of carbonyl (C=O) groups is 1. The van der Waals surface area contributed by atoms with E-state index in [0.717, 1.165) is 42.9 Å². The fourth-order valence-electron chi connectivity index (χ4n) is 3.54. The minimum atomic E-state index is -0.285. The minimum Gasteiger partial charge on any atom is -0.486 e. The molecule has 4 rings (SSSR count). The second kappa shape index (κ2) is 7.45. The summed E-state index contributed by atoms with van der Waals surface area (Å²) in [6.45, 7) is 3.09. The first kappa shape index (κ1) is 16.4. The first-order valence-electron chi connectivity index (χ1n) is 8.93. The molecule has 3 heterocycles. The van der Waals surface area contributed by atoms with Gasteiger partial charge in [-0.1, -0.05) is 6.07 Å². The van der Waals surface area contributed by atoms with E-state index in [0.29, 0.717) is 26.4 Å². The lowest BCUT2D eigenvalue weighted by molar-refractivity contribution is -0.145. The number of benzene rings is 1. The molecular formula is C19H23NO5. The average molecular weight is 345 g/mol. The van der Waals surface area contributed by atoms with Crippen molar-refractivity contribution in [1.82, 2.24) is 4.90 Å². The molecule has 134 valence electrons. The third-order valence-corrected chi connectivity index (χ3v) is 4.78. The number of ether oxygens (including phenoxy) is 4. The van der Waals surface area contributed by atoms with Crippen LogP contribution in [-0.4, -0.2) is 56.1 Å². The van der Waals surface area contributed by atoms with E-state index in [1.54, 1.807) is 6.08 Å². The van der Waals surface area contributed by atoms with Crippen LogP contribution in [-0.2, 0) is 14.3 Å². The van der Waals surface area contributed by atoms with Crippen LogP contribution in [0.1, 0.15) is 24.8 Å². The highest BCUT2D eigenvalue weighted by molar-refractivity contribution is 5.92. The Morgan fingerprint density at radius 2 is 1.84 bits per heavy atom. The van der Waals surface area contributed by atoms with Crippen molar-refractivity contribution in [3.63, 3.8) is 0 Å². The molecule has 0 aliphatic carbocycles. The summed E-state index contributed by atoms with van der Waals surface area (Å²) in [5, 5.41) is 0. The van der Waals surface area contributed by atoms with Gasteiger partial charge in [-0.05, 0) is 43.0 Å². The lowest BCUT2D eigenvalue weighted by atomic mass is 10.0. The lowest BCUT2D eigenvalue weighted by Gasteiger charge is -2.37.